The molecule has 25 heavy (non-hydrogen) atoms. The molecule has 0 bridgehead atoms. The zero-order valence-corrected chi connectivity index (χ0v) is 15.2. The van der Waals surface area contributed by atoms with Gasteiger partial charge >= 0.3 is 0 Å². The number of hydrogen-bond donors (Lipinski definition) is 1. The van der Waals surface area contributed by atoms with Crippen LogP contribution in [0.1, 0.15) is 22.0 Å². The molecule has 0 aliphatic carbocycles. The molecule has 0 aromatic heterocycles. The molecule has 0 aliphatic heterocycles. The summed E-state index contributed by atoms with van der Waals surface area (Å²) in [7, 11) is 0.297. The molecule has 5 nitrogen and oxygen atoms in total. The van der Waals surface area contributed by atoms with E-state index in [1.165, 1.54) is 30.3 Å². The van der Waals surface area contributed by atoms with Crippen molar-refractivity contribution in [3.05, 3.63) is 65.5 Å². The third-order valence-electron chi connectivity index (χ3n) is 3.84. The number of halogens is 1. The van der Waals surface area contributed by atoms with Crippen LogP contribution >= 0.6 is 0 Å². The Hall–Kier alpha value is -2.25. The Morgan fingerprint density at radius 3 is 2.44 bits per heavy atom. The van der Waals surface area contributed by atoms with E-state index in [4.69, 9.17) is 0 Å². The van der Waals surface area contributed by atoms with Gasteiger partial charge in [-0.25, -0.2) is 12.8 Å². The van der Waals surface area contributed by atoms with E-state index in [-0.39, 0.29) is 34.8 Å². The van der Waals surface area contributed by atoms with Crippen molar-refractivity contribution in [2.75, 3.05) is 26.9 Å². The average molecular weight is 364 g/mol. The van der Waals surface area contributed by atoms with Crippen LogP contribution in [0.15, 0.2) is 53.4 Å². The van der Waals surface area contributed by atoms with Crippen molar-refractivity contribution in [2.45, 2.75) is 10.9 Å². The van der Waals surface area contributed by atoms with Crippen molar-refractivity contribution in [2.24, 2.45) is 0 Å². The second-order valence-electron chi connectivity index (χ2n) is 6.04. The second-order valence-corrected chi connectivity index (χ2v) is 8.06. The first-order valence-corrected chi connectivity index (χ1v) is 9.58. The number of rotatable bonds is 6. The molecule has 0 heterocycles. The Morgan fingerprint density at radius 1 is 1.16 bits per heavy atom. The van der Waals surface area contributed by atoms with Crippen LogP contribution in [0, 0.1) is 5.82 Å². The Morgan fingerprint density at radius 2 is 1.84 bits per heavy atom. The maximum Gasteiger partial charge on any atom is 0.251 e. The summed E-state index contributed by atoms with van der Waals surface area (Å²) in [6.45, 7) is 0.262. The van der Waals surface area contributed by atoms with Gasteiger partial charge in [-0.2, -0.15) is 0 Å². The van der Waals surface area contributed by atoms with Crippen LogP contribution in [0.5, 0.6) is 0 Å². The summed E-state index contributed by atoms with van der Waals surface area (Å²) in [6, 6.07) is 11.9. The number of carbonyl (C=O) groups is 1. The highest BCUT2D eigenvalue weighted by molar-refractivity contribution is 7.90. The molecule has 0 aliphatic rings. The highest BCUT2D eigenvalue weighted by Gasteiger charge is 2.17. The van der Waals surface area contributed by atoms with E-state index in [9.17, 15) is 17.6 Å². The van der Waals surface area contributed by atoms with Gasteiger partial charge in [0.25, 0.3) is 5.91 Å². The number of benzene rings is 2. The van der Waals surface area contributed by atoms with Gasteiger partial charge in [0.2, 0.25) is 0 Å². The van der Waals surface area contributed by atoms with Crippen molar-refractivity contribution in [1.29, 1.82) is 0 Å². The lowest BCUT2D eigenvalue weighted by Crippen LogP contribution is -2.34. The van der Waals surface area contributed by atoms with E-state index in [1.807, 2.05) is 19.0 Å². The monoisotopic (exact) mass is 364 g/mol. The highest BCUT2D eigenvalue weighted by Crippen LogP contribution is 2.18. The van der Waals surface area contributed by atoms with Crippen molar-refractivity contribution >= 4 is 15.7 Å². The van der Waals surface area contributed by atoms with Gasteiger partial charge in [0.15, 0.2) is 9.84 Å². The second kappa shape index (κ2) is 7.76. The maximum absolute atomic E-state index is 13.4. The number of sulfone groups is 1. The normalized spacial score (nSPS) is 12.8. The van der Waals surface area contributed by atoms with Crippen LogP contribution in [0.2, 0.25) is 0 Å². The van der Waals surface area contributed by atoms with Crippen LogP contribution in [0.25, 0.3) is 0 Å². The smallest absolute Gasteiger partial charge is 0.251 e. The quantitative estimate of drug-likeness (QED) is 0.854. The zero-order valence-electron chi connectivity index (χ0n) is 14.4. The Labute approximate surface area is 147 Å². The molecule has 1 atom stereocenters. The summed E-state index contributed by atoms with van der Waals surface area (Å²) in [6.07, 6.45) is 1.09. The van der Waals surface area contributed by atoms with Gasteiger partial charge < -0.3 is 10.2 Å². The third kappa shape index (κ3) is 5.11. The molecule has 0 radical (unpaired) electrons. The molecule has 2 aromatic rings. The van der Waals surface area contributed by atoms with Crippen molar-refractivity contribution in [3.63, 3.8) is 0 Å². The van der Waals surface area contributed by atoms with Gasteiger partial charge in [-0.15, -0.1) is 0 Å². The highest BCUT2D eigenvalue weighted by atomic mass is 32.2. The van der Waals surface area contributed by atoms with Gasteiger partial charge in [0, 0.05) is 18.4 Å². The number of amides is 1. The SMILES string of the molecule is CN(C)[C@@H](CNC(=O)c1cccc(S(C)(=O)=O)c1)c1cccc(F)c1. The maximum atomic E-state index is 13.4. The lowest BCUT2D eigenvalue weighted by atomic mass is 10.1. The van der Waals surface area contributed by atoms with Gasteiger partial charge in [0.05, 0.1) is 10.9 Å². The van der Waals surface area contributed by atoms with E-state index in [0.717, 1.165) is 11.8 Å². The molecule has 1 N–H and O–H groups in total. The first-order chi connectivity index (χ1) is 11.7. The summed E-state index contributed by atoms with van der Waals surface area (Å²) in [5, 5.41) is 2.78. The van der Waals surface area contributed by atoms with E-state index < -0.39 is 9.84 Å². The fourth-order valence-electron chi connectivity index (χ4n) is 2.47. The molecule has 0 fully saturated rings. The van der Waals surface area contributed by atoms with Crippen LogP contribution in [0.4, 0.5) is 4.39 Å². The van der Waals surface area contributed by atoms with E-state index in [1.54, 1.807) is 18.2 Å². The number of carbonyl (C=O) groups excluding carboxylic acids is 1. The molecule has 0 spiro atoms. The van der Waals surface area contributed by atoms with E-state index in [2.05, 4.69) is 5.32 Å². The van der Waals surface area contributed by atoms with Gasteiger partial charge in [-0.3, -0.25) is 4.79 Å². The van der Waals surface area contributed by atoms with Gasteiger partial charge in [-0.1, -0.05) is 18.2 Å². The first-order valence-electron chi connectivity index (χ1n) is 7.68. The molecule has 1 amide bonds. The van der Waals surface area contributed by atoms with Crippen LogP contribution in [-0.2, 0) is 9.84 Å². The minimum Gasteiger partial charge on any atom is -0.350 e. The van der Waals surface area contributed by atoms with Crippen molar-refractivity contribution in [1.82, 2.24) is 10.2 Å². The van der Waals surface area contributed by atoms with E-state index >= 15 is 0 Å². The van der Waals surface area contributed by atoms with Crippen molar-refractivity contribution < 1.29 is 17.6 Å². The fraction of sp³-hybridized carbons (Fsp3) is 0.278. The number of likely N-dealkylation sites (N-methyl/N-ethyl adjacent to an activating group) is 1. The minimum atomic E-state index is -3.38. The summed E-state index contributed by atoms with van der Waals surface area (Å²) in [5.74, 6) is -0.717. The van der Waals surface area contributed by atoms with Crippen LogP contribution in [-0.4, -0.2) is 46.1 Å². The van der Waals surface area contributed by atoms with Gasteiger partial charge in [-0.05, 0) is 50.0 Å². The number of hydrogen-bond acceptors (Lipinski definition) is 4. The van der Waals surface area contributed by atoms with Crippen molar-refractivity contribution in [3.8, 4) is 0 Å². The minimum absolute atomic E-state index is 0.0921. The van der Waals surface area contributed by atoms with E-state index in [0.29, 0.717) is 0 Å². The molecule has 2 rings (SSSR count). The summed E-state index contributed by atoms with van der Waals surface area (Å²) in [5.41, 5.74) is 1.01. The number of nitrogens with zero attached hydrogens (tertiary/aromatic N) is 1. The molecular weight excluding hydrogens is 343 g/mol. The summed E-state index contributed by atoms with van der Waals surface area (Å²) >= 11 is 0. The Bertz CT molecular complexity index is 866. The van der Waals surface area contributed by atoms with Crippen LogP contribution in [0.3, 0.4) is 0 Å². The predicted molar refractivity (Wildman–Crippen MR) is 94.7 cm³/mol. The topological polar surface area (TPSA) is 66.5 Å². The predicted octanol–water partition coefficient (Wildman–Crippen LogP) is 2.26. The van der Waals surface area contributed by atoms with Crippen LogP contribution < -0.4 is 5.32 Å². The Balaban J connectivity index is 2.14. The largest absolute Gasteiger partial charge is 0.350 e. The lowest BCUT2D eigenvalue weighted by Gasteiger charge is -2.25. The molecule has 7 heteroatoms. The fourth-order valence-corrected chi connectivity index (χ4v) is 3.14. The lowest BCUT2D eigenvalue weighted by molar-refractivity contribution is 0.0941. The molecule has 134 valence electrons. The summed E-state index contributed by atoms with van der Waals surface area (Å²) < 4.78 is 36.7. The number of nitrogens with one attached hydrogen (secondary N) is 1. The molecule has 0 unspecified atom stereocenters. The molecular formula is C18H21FN2O3S. The standard InChI is InChI=1S/C18H21FN2O3S/c1-21(2)17(13-6-4-8-15(19)10-13)12-20-18(22)14-7-5-9-16(11-14)25(3,23)24/h4-11,17H,12H2,1-3H3,(H,20,22)/t17-/m0/s1. The Kier molecular flexibility index (Phi) is 5.92. The molecule has 0 saturated carbocycles. The molecule has 2 aromatic carbocycles. The first kappa shape index (κ1) is 19.1. The zero-order chi connectivity index (χ0) is 18.6. The third-order valence-corrected chi connectivity index (χ3v) is 4.95. The summed E-state index contributed by atoms with van der Waals surface area (Å²) in [4.78, 5) is 14.3. The molecule has 0 saturated heterocycles. The average Bonchev–Trinajstić information content (AvgIpc) is 2.54. The van der Waals surface area contributed by atoms with Gasteiger partial charge in [0.1, 0.15) is 5.82 Å².